The Morgan fingerprint density at radius 3 is 2.70 bits per heavy atom. The molecule has 0 aliphatic rings. The van der Waals surface area contributed by atoms with E-state index >= 15 is 0 Å². The Kier molecular flexibility index (Phi) is 2.11. The van der Waals surface area contributed by atoms with Crippen molar-refractivity contribution in [3.63, 3.8) is 0 Å². The largest absolute Gasteiger partial charge is 0.393 e. The van der Waals surface area contributed by atoms with Crippen LogP contribution in [0.15, 0.2) is 24.3 Å². The summed E-state index contributed by atoms with van der Waals surface area (Å²) in [7, 11) is 1.88. The fourth-order valence-electron chi connectivity index (χ4n) is 0.831. The number of rotatable bonds is 1. The standard InChI is InChI=1S/C9H11N/c1-8-5-3-4-6-9(8)7-10-2/h3-7,10H,1H2,2H3/b9-7-. The molecule has 0 fully saturated rings. The lowest BCUT2D eigenvalue weighted by molar-refractivity contribution is 1.17. The summed E-state index contributed by atoms with van der Waals surface area (Å²) >= 11 is 0. The van der Waals surface area contributed by atoms with Gasteiger partial charge in [-0.2, -0.15) is 0 Å². The minimum Gasteiger partial charge on any atom is -0.393 e. The van der Waals surface area contributed by atoms with Gasteiger partial charge in [-0.1, -0.05) is 30.8 Å². The SMILES string of the molecule is C=c1cccc/c1=C/NC. The van der Waals surface area contributed by atoms with Gasteiger partial charge >= 0.3 is 0 Å². The molecule has 0 aliphatic heterocycles. The molecule has 0 unspecified atom stereocenters. The Bertz CT molecular complexity index is 301. The number of nitrogens with one attached hydrogen (secondary N) is 1. The fourth-order valence-corrected chi connectivity index (χ4v) is 0.831. The molecular weight excluding hydrogens is 122 g/mol. The van der Waals surface area contributed by atoms with Crippen molar-refractivity contribution in [1.82, 2.24) is 5.32 Å². The summed E-state index contributed by atoms with van der Waals surface area (Å²) < 4.78 is 0. The number of hydrogen-bond donors (Lipinski definition) is 1. The van der Waals surface area contributed by atoms with E-state index in [4.69, 9.17) is 0 Å². The highest BCUT2D eigenvalue weighted by atomic mass is 14.8. The Hall–Kier alpha value is -1.24. The molecule has 1 aromatic carbocycles. The lowest BCUT2D eigenvalue weighted by Gasteiger charge is -1.87. The third-order valence-corrected chi connectivity index (χ3v) is 1.35. The zero-order valence-electron chi connectivity index (χ0n) is 6.09. The van der Waals surface area contributed by atoms with Gasteiger partial charge in [-0.05, 0) is 10.4 Å². The van der Waals surface area contributed by atoms with Crippen molar-refractivity contribution in [2.45, 2.75) is 0 Å². The van der Waals surface area contributed by atoms with E-state index in [1.807, 2.05) is 37.5 Å². The molecule has 1 heteroatoms. The molecule has 1 N–H and O–H groups in total. The maximum atomic E-state index is 3.87. The van der Waals surface area contributed by atoms with Crippen LogP contribution in [-0.4, -0.2) is 7.05 Å². The molecule has 0 heterocycles. The molecule has 10 heavy (non-hydrogen) atoms. The number of hydrogen-bond acceptors (Lipinski definition) is 1. The maximum Gasteiger partial charge on any atom is 0.00410 e. The third kappa shape index (κ3) is 1.38. The Morgan fingerprint density at radius 2 is 2.10 bits per heavy atom. The predicted molar refractivity (Wildman–Crippen MR) is 44.7 cm³/mol. The van der Waals surface area contributed by atoms with Gasteiger partial charge < -0.3 is 5.32 Å². The van der Waals surface area contributed by atoms with Gasteiger partial charge in [0, 0.05) is 13.2 Å². The van der Waals surface area contributed by atoms with Crippen LogP contribution >= 0.6 is 0 Å². The monoisotopic (exact) mass is 133 g/mol. The van der Waals surface area contributed by atoms with Crippen molar-refractivity contribution >= 4 is 12.8 Å². The fraction of sp³-hybridized carbons (Fsp3) is 0.111. The zero-order valence-corrected chi connectivity index (χ0v) is 6.09. The van der Waals surface area contributed by atoms with E-state index in [0.29, 0.717) is 0 Å². The van der Waals surface area contributed by atoms with Crippen molar-refractivity contribution in [2.24, 2.45) is 0 Å². The average molecular weight is 133 g/mol. The normalized spacial score (nSPS) is 11.5. The summed E-state index contributed by atoms with van der Waals surface area (Å²) in [4.78, 5) is 0. The second-order valence-corrected chi connectivity index (χ2v) is 2.13. The molecule has 0 aliphatic carbocycles. The van der Waals surface area contributed by atoms with Crippen LogP contribution in [0.2, 0.25) is 0 Å². The van der Waals surface area contributed by atoms with Crippen LogP contribution in [0, 0.1) is 0 Å². The second kappa shape index (κ2) is 3.06. The highest BCUT2D eigenvalue weighted by molar-refractivity contribution is 5.24. The molecule has 0 bridgehead atoms. The van der Waals surface area contributed by atoms with E-state index in [2.05, 4.69) is 11.9 Å². The van der Waals surface area contributed by atoms with Crippen LogP contribution in [0.5, 0.6) is 0 Å². The van der Waals surface area contributed by atoms with E-state index in [1.165, 1.54) is 0 Å². The smallest absolute Gasteiger partial charge is 0.00410 e. The molecule has 1 rings (SSSR count). The first-order valence-electron chi connectivity index (χ1n) is 3.26. The highest BCUT2D eigenvalue weighted by Gasteiger charge is 1.76. The summed E-state index contributed by atoms with van der Waals surface area (Å²) in [5.74, 6) is 0. The molecule has 1 nitrogen and oxygen atoms in total. The Labute approximate surface area is 60.7 Å². The van der Waals surface area contributed by atoms with Gasteiger partial charge in [-0.3, -0.25) is 0 Å². The van der Waals surface area contributed by atoms with Crippen LogP contribution in [0.25, 0.3) is 12.8 Å². The Balaban J connectivity index is 3.29. The summed E-state index contributed by atoms with van der Waals surface area (Å²) in [6.07, 6.45) is 1.93. The van der Waals surface area contributed by atoms with E-state index in [1.54, 1.807) is 0 Å². The van der Waals surface area contributed by atoms with Crippen molar-refractivity contribution in [3.05, 3.63) is 34.7 Å². The molecule has 0 spiro atoms. The van der Waals surface area contributed by atoms with Crippen LogP contribution in [0.3, 0.4) is 0 Å². The quantitative estimate of drug-likeness (QED) is 0.571. The predicted octanol–water partition coefficient (Wildman–Crippen LogP) is 0.0543. The topological polar surface area (TPSA) is 12.0 Å². The molecular formula is C9H11N. The van der Waals surface area contributed by atoms with Crippen molar-refractivity contribution < 1.29 is 0 Å². The van der Waals surface area contributed by atoms with Gasteiger partial charge in [0.2, 0.25) is 0 Å². The second-order valence-electron chi connectivity index (χ2n) is 2.13. The van der Waals surface area contributed by atoms with Gasteiger partial charge in [-0.25, -0.2) is 0 Å². The van der Waals surface area contributed by atoms with Crippen molar-refractivity contribution in [1.29, 1.82) is 0 Å². The average Bonchev–Trinajstić information content (AvgIpc) is 1.94. The summed E-state index contributed by atoms with van der Waals surface area (Å²) in [5, 5.41) is 5.16. The molecule has 0 radical (unpaired) electrons. The summed E-state index contributed by atoms with van der Waals surface area (Å²) in [6.45, 7) is 3.87. The minimum absolute atomic E-state index is 1.05. The van der Waals surface area contributed by atoms with Crippen LogP contribution in [0.1, 0.15) is 0 Å². The summed E-state index contributed by atoms with van der Waals surface area (Å²) in [5.41, 5.74) is 0. The first-order chi connectivity index (χ1) is 4.84. The van der Waals surface area contributed by atoms with Crippen molar-refractivity contribution in [3.8, 4) is 0 Å². The third-order valence-electron chi connectivity index (χ3n) is 1.35. The minimum atomic E-state index is 1.05. The summed E-state index contributed by atoms with van der Waals surface area (Å²) in [6, 6.07) is 8.00. The molecule has 0 amide bonds. The van der Waals surface area contributed by atoms with Crippen LogP contribution in [-0.2, 0) is 0 Å². The van der Waals surface area contributed by atoms with E-state index in [9.17, 15) is 0 Å². The lowest BCUT2D eigenvalue weighted by Crippen LogP contribution is -2.24. The Morgan fingerprint density at radius 1 is 1.40 bits per heavy atom. The van der Waals surface area contributed by atoms with E-state index < -0.39 is 0 Å². The molecule has 1 aromatic rings. The van der Waals surface area contributed by atoms with Gasteiger partial charge in [0.25, 0.3) is 0 Å². The molecule has 0 saturated heterocycles. The molecule has 52 valence electrons. The van der Waals surface area contributed by atoms with Gasteiger partial charge in [0.15, 0.2) is 0 Å². The highest BCUT2D eigenvalue weighted by Crippen LogP contribution is 1.68. The first-order valence-corrected chi connectivity index (χ1v) is 3.26. The van der Waals surface area contributed by atoms with Crippen LogP contribution in [0.4, 0.5) is 0 Å². The van der Waals surface area contributed by atoms with Gasteiger partial charge in [0.1, 0.15) is 0 Å². The molecule has 0 saturated carbocycles. The molecule has 0 atom stereocenters. The van der Waals surface area contributed by atoms with E-state index in [0.717, 1.165) is 10.4 Å². The van der Waals surface area contributed by atoms with Crippen molar-refractivity contribution in [2.75, 3.05) is 7.05 Å². The van der Waals surface area contributed by atoms with Gasteiger partial charge in [0.05, 0.1) is 0 Å². The van der Waals surface area contributed by atoms with Crippen LogP contribution < -0.4 is 15.8 Å². The lowest BCUT2D eigenvalue weighted by atomic mass is 10.3. The zero-order chi connectivity index (χ0) is 7.40. The van der Waals surface area contributed by atoms with E-state index in [-0.39, 0.29) is 0 Å². The molecule has 0 aromatic heterocycles. The maximum absolute atomic E-state index is 3.87. The van der Waals surface area contributed by atoms with Gasteiger partial charge in [-0.15, -0.1) is 0 Å². The first kappa shape index (κ1) is 6.87. The number of benzene rings is 1.